The van der Waals surface area contributed by atoms with E-state index < -0.39 is 5.82 Å². The van der Waals surface area contributed by atoms with Gasteiger partial charge in [0.1, 0.15) is 11.6 Å². The number of halogens is 2. The van der Waals surface area contributed by atoms with E-state index in [1.807, 2.05) is 6.92 Å². The summed E-state index contributed by atoms with van der Waals surface area (Å²) in [4.78, 5) is 12.6. The Kier molecular flexibility index (Phi) is 4.09. The van der Waals surface area contributed by atoms with Crippen molar-refractivity contribution in [2.45, 2.75) is 6.92 Å². The van der Waals surface area contributed by atoms with Crippen LogP contribution in [-0.4, -0.2) is 12.9 Å². The number of anilines is 1. The number of hydrogen-bond donors (Lipinski definition) is 1. The predicted molar refractivity (Wildman–Crippen MR) is 79.7 cm³/mol. The van der Waals surface area contributed by atoms with Gasteiger partial charge in [-0.3, -0.25) is 4.79 Å². The van der Waals surface area contributed by atoms with Gasteiger partial charge in [-0.1, -0.05) is 6.07 Å². The lowest BCUT2D eigenvalue weighted by Crippen LogP contribution is -2.07. The van der Waals surface area contributed by atoms with Gasteiger partial charge in [-0.2, -0.15) is 0 Å². The molecular formula is C15H13BrFNO2. The minimum Gasteiger partial charge on any atom is -0.496 e. The van der Waals surface area contributed by atoms with Crippen LogP contribution < -0.4 is 10.5 Å². The molecule has 3 nitrogen and oxygen atoms in total. The fourth-order valence-corrected chi connectivity index (χ4v) is 2.25. The Balaban J connectivity index is 2.58. The van der Waals surface area contributed by atoms with Crippen LogP contribution in [0.2, 0.25) is 0 Å². The Bertz CT molecular complexity index is 686. The maximum Gasteiger partial charge on any atom is 0.197 e. The topological polar surface area (TPSA) is 52.3 Å². The summed E-state index contributed by atoms with van der Waals surface area (Å²) >= 11 is 3.08. The van der Waals surface area contributed by atoms with Crippen molar-refractivity contribution >= 4 is 27.4 Å². The van der Waals surface area contributed by atoms with Crippen LogP contribution in [-0.2, 0) is 0 Å². The molecular weight excluding hydrogens is 325 g/mol. The molecule has 0 heterocycles. The number of hydrogen-bond acceptors (Lipinski definition) is 3. The molecule has 0 aliphatic carbocycles. The molecule has 0 fully saturated rings. The van der Waals surface area contributed by atoms with Gasteiger partial charge >= 0.3 is 0 Å². The first-order valence-corrected chi connectivity index (χ1v) is 6.67. The zero-order valence-electron chi connectivity index (χ0n) is 11.0. The summed E-state index contributed by atoms with van der Waals surface area (Å²) in [5, 5.41) is 0. The number of ether oxygens (including phenoxy) is 1. The van der Waals surface area contributed by atoms with Gasteiger partial charge in [0.2, 0.25) is 0 Å². The Morgan fingerprint density at radius 3 is 2.60 bits per heavy atom. The lowest BCUT2D eigenvalue weighted by atomic mass is 9.98. The molecule has 0 bridgehead atoms. The summed E-state index contributed by atoms with van der Waals surface area (Å²) in [5.41, 5.74) is 7.77. The van der Waals surface area contributed by atoms with Gasteiger partial charge in [-0.05, 0) is 46.6 Å². The molecule has 2 aromatic rings. The van der Waals surface area contributed by atoms with E-state index in [2.05, 4.69) is 15.9 Å². The van der Waals surface area contributed by atoms with Gasteiger partial charge < -0.3 is 10.5 Å². The van der Waals surface area contributed by atoms with Gasteiger partial charge in [0, 0.05) is 17.3 Å². The van der Waals surface area contributed by atoms with Gasteiger partial charge in [0.15, 0.2) is 5.78 Å². The van der Waals surface area contributed by atoms with Crippen LogP contribution >= 0.6 is 15.9 Å². The van der Waals surface area contributed by atoms with Crippen LogP contribution in [0, 0.1) is 12.7 Å². The van der Waals surface area contributed by atoms with Crippen LogP contribution in [0.4, 0.5) is 10.1 Å². The lowest BCUT2D eigenvalue weighted by Gasteiger charge is -2.11. The van der Waals surface area contributed by atoms with E-state index in [-0.39, 0.29) is 21.6 Å². The van der Waals surface area contributed by atoms with Crippen molar-refractivity contribution in [3.63, 3.8) is 0 Å². The Morgan fingerprint density at radius 2 is 1.95 bits per heavy atom. The van der Waals surface area contributed by atoms with Crippen molar-refractivity contribution in [3.05, 3.63) is 57.3 Å². The second kappa shape index (κ2) is 5.63. The molecule has 0 unspecified atom stereocenters. The number of methoxy groups -OCH3 is 1. The Morgan fingerprint density at radius 1 is 1.25 bits per heavy atom. The highest BCUT2D eigenvalue weighted by Gasteiger charge is 2.19. The quantitative estimate of drug-likeness (QED) is 0.686. The molecule has 2 aromatic carbocycles. The highest BCUT2D eigenvalue weighted by molar-refractivity contribution is 9.10. The molecule has 0 saturated carbocycles. The van der Waals surface area contributed by atoms with Gasteiger partial charge in [-0.25, -0.2) is 4.39 Å². The number of nitrogens with two attached hydrogens (primary N) is 1. The maximum atomic E-state index is 13.5. The average molecular weight is 338 g/mol. The fraction of sp³-hybridized carbons (Fsp3) is 0.133. The number of benzene rings is 2. The predicted octanol–water partition coefficient (Wildman–Crippen LogP) is 3.72. The first-order chi connectivity index (χ1) is 9.43. The molecule has 2 N–H and O–H groups in total. The maximum absolute atomic E-state index is 13.5. The number of rotatable bonds is 3. The van der Waals surface area contributed by atoms with Crippen molar-refractivity contribution in [2.75, 3.05) is 12.8 Å². The standard InChI is InChI=1S/C15H13BrFNO2/c1-8-3-4-9(18)5-10(8)15(19)11-6-12(16)13(17)7-14(11)20-2/h3-7H,18H2,1-2H3. The third-order valence-corrected chi connectivity index (χ3v) is 3.60. The highest BCUT2D eigenvalue weighted by Crippen LogP contribution is 2.29. The summed E-state index contributed by atoms with van der Waals surface area (Å²) < 4.78 is 18.8. The molecule has 0 radical (unpaired) electrons. The molecule has 0 aromatic heterocycles. The zero-order chi connectivity index (χ0) is 14.9. The number of nitrogen functional groups attached to an aromatic ring is 1. The first kappa shape index (κ1) is 14.5. The summed E-state index contributed by atoms with van der Waals surface area (Å²) in [7, 11) is 1.39. The van der Waals surface area contributed by atoms with Crippen LogP contribution in [0.25, 0.3) is 0 Å². The Labute approximate surface area is 124 Å². The van der Waals surface area contributed by atoms with Crippen LogP contribution in [0.5, 0.6) is 5.75 Å². The summed E-state index contributed by atoms with van der Waals surface area (Å²) in [5.74, 6) is -0.549. The van der Waals surface area contributed by atoms with E-state index in [0.717, 1.165) is 5.56 Å². The third kappa shape index (κ3) is 2.67. The normalized spacial score (nSPS) is 10.4. The largest absolute Gasteiger partial charge is 0.496 e. The first-order valence-electron chi connectivity index (χ1n) is 5.88. The summed E-state index contributed by atoms with van der Waals surface area (Å²) in [6.07, 6.45) is 0. The molecule has 0 saturated heterocycles. The summed E-state index contributed by atoms with van der Waals surface area (Å²) in [6.45, 7) is 1.82. The van der Waals surface area contributed by atoms with E-state index in [0.29, 0.717) is 11.3 Å². The molecule has 104 valence electrons. The number of aryl methyl sites for hydroxylation is 1. The third-order valence-electron chi connectivity index (χ3n) is 2.99. The van der Waals surface area contributed by atoms with Crippen molar-refractivity contribution in [1.82, 2.24) is 0 Å². The zero-order valence-corrected chi connectivity index (χ0v) is 12.6. The van der Waals surface area contributed by atoms with E-state index in [9.17, 15) is 9.18 Å². The second-order valence-electron chi connectivity index (χ2n) is 4.37. The Hall–Kier alpha value is -1.88. The molecule has 0 amide bonds. The molecule has 5 heteroatoms. The fourth-order valence-electron chi connectivity index (χ4n) is 1.90. The van der Waals surface area contributed by atoms with Gasteiger partial charge in [0.05, 0.1) is 17.1 Å². The van der Waals surface area contributed by atoms with Crippen molar-refractivity contribution in [1.29, 1.82) is 0 Å². The molecule has 0 aliphatic heterocycles. The number of carbonyl (C=O) groups is 1. The molecule has 0 spiro atoms. The van der Waals surface area contributed by atoms with Crippen LogP contribution in [0.15, 0.2) is 34.8 Å². The summed E-state index contributed by atoms with van der Waals surface area (Å²) in [6, 6.07) is 7.70. The van der Waals surface area contributed by atoms with E-state index >= 15 is 0 Å². The minimum atomic E-state index is -0.484. The van der Waals surface area contributed by atoms with Gasteiger partial charge in [-0.15, -0.1) is 0 Å². The molecule has 2 rings (SSSR count). The van der Waals surface area contributed by atoms with E-state index in [1.165, 1.54) is 19.2 Å². The molecule has 20 heavy (non-hydrogen) atoms. The monoisotopic (exact) mass is 337 g/mol. The van der Waals surface area contributed by atoms with E-state index in [1.54, 1.807) is 18.2 Å². The number of carbonyl (C=O) groups excluding carboxylic acids is 1. The van der Waals surface area contributed by atoms with Crippen molar-refractivity contribution in [2.24, 2.45) is 0 Å². The average Bonchev–Trinajstić information content (AvgIpc) is 2.43. The minimum absolute atomic E-state index is 0.192. The van der Waals surface area contributed by atoms with Crippen molar-refractivity contribution in [3.8, 4) is 5.75 Å². The van der Waals surface area contributed by atoms with Crippen LogP contribution in [0.1, 0.15) is 21.5 Å². The SMILES string of the molecule is COc1cc(F)c(Br)cc1C(=O)c1cc(N)ccc1C. The highest BCUT2D eigenvalue weighted by atomic mass is 79.9. The van der Waals surface area contributed by atoms with E-state index in [4.69, 9.17) is 10.5 Å². The lowest BCUT2D eigenvalue weighted by molar-refractivity contribution is 0.103. The van der Waals surface area contributed by atoms with Gasteiger partial charge in [0.25, 0.3) is 0 Å². The smallest absolute Gasteiger partial charge is 0.197 e. The van der Waals surface area contributed by atoms with Crippen LogP contribution in [0.3, 0.4) is 0 Å². The second-order valence-corrected chi connectivity index (χ2v) is 5.22. The number of ketones is 1. The molecule has 0 atom stereocenters. The molecule has 0 aliphatic rings. The van der Waals surface area contributed by atoms with Crippen molar-refractivity contribution < 1.29 is 13.9 Å².